The summed E-state index contributed by atoms with van der Waals surface area (Å²) in [6.45, 7) is 1.42. The molecule has 4 rings (SSSR count). The number of halogens is 2. The Morgan fingerprint density at radius 2 is 1.86 bits per heavy atom. The summed E-state index contributed by atoms with van der Waals surface area (Å²) >= 11 is 0. The average molecular weight is 440 g/mol. The maximum Gasteiger partial charge on any atom is 0.225 e. The smallest absolute Gasteiger partial charge is 0.225 e. The molecular formula is C20H23Cl2N3O2S. The van der Waals surface area contributed by atoms with E-state index in [4.69, 9.17) is 0 Å². The second-order valence-corrected chi connectivity index (χ2v) is 8.33. The van der Waals surface area contributed by atoms with E-state index in [1.807, 2.05) is 25.2 Å². The molecule has 0 saturated heterocycles. The summed E-state index contributed by atoms with van der Waals surface area (Å²) in [5, 5.41) is 3.24. The molecule has 8 heteroatoms. The largest absolute Gasteiger partial charge is 0.342 e. The number of fused-ring (bicyclic) bond motifs is 3. The van der Waals surface area contributed by atoms with Crippen LogP contribution in [0.3, 0.4) is 0 Å². The van der Waals surface area contributed by atoms with E-state index < -0.39 is 9.84 Å². The lowest BCUT2D eigenvalue weighted by atomic mass is 10.0. The van der Waals surface area contributed by atoms with Gasteiger partial charge in [0.05, 0.1) is 10.6 Å². The van der Waals surface area contributed by atoms with Crippen molar-refractivity contribution in [1.29, 1.82) is 0 Å². The quantitative estimate of drug-likeness (QED) is 0.669. The maximum absolute atomic E-state index is 13.3. The number of benzene rings is 1. The standard InChI is InChI=1S/C20H21N3O2S.2ClH/c1-21-14-16-13-18(26(24,25)19-10-4-5-11-22-19)20-17-9-3-2-7-15(17)8-6-12-23(16)20;;/h2-5,7,9-11,13,21H,6,8,12,14H2,1H3;2*1H. The topological polar surface area (TPSA) is 64.0 Å². The van der Waals surface area contributed by atoms with Crippen molar-refractivity contribution < 1.29 is 8.42 Å². The van der Waals surface area contributed by atoms with Crippen LogP contribution in [0.1, 0.15) is 17.7 Å². The Hall–Kier alpha value is -1.86. The normalized spacial score (nSPS) is 12.8. The fraction of sp³-hybridized carbons (Fsp3) is 0.250. The van der Waals surface area contributed by atoms with Crippen LogP contribution in [-0.4, -0.2) is 25.0 Å². The molecule has 2 aromatic heterocycles. The van der Waals surface area contributed by atoms with E-state index in [0.717, 1.165) is 36.3 Å². The van der Waals surface area contributed by atoms with Crippen LogP contribution in [-0.2, 0) is 29.3 Å². The van der Waals surface area contributed by atoms with Crippen LogP contribution in [0.25, 0.3) is 11.3 Å². The highest BCUT2D eigenvalue weighted by atomic mass is 35.5. The van der Waals surface area contributed by atoms with Gasteiger partial charge in [0.2, 0.25) is 9.84 Å². The first kappa shape index (κ1) is 22.4. The number of nitrogens with one attached hydrogen (secondary N) is 1. The fourth-order valence-corrected chi connectivity index (χ4v) is 5.10. The van der Waals surface area contributed by atoms with Gasteiger partial charge in [0.1, 0.15) is 0 Å². The van der Waals surface area contributed by atoms with Crippen molar-refractivity contribution in [2.24, 2.45) is 0 Å². The van der Waals surface area contributed by atoms with Crippen LogP contribution in [0.4, 0.5) is 0 Å². The third-order valence-corrected chi connectivity index (χ3v) is 6.49. The van der Waals surface area contributed by atoms with E-state index in [9.17, 15) is 8.42 Å². The molecule has 28 heavy (non-hydrogen) atoms. The zero-order chi connectivity index (χ0) is 18.1. The van der Waals surface area contributed by atoms with Gasteiger partial charge < -0.3 is 9.88 Å². The number of hydrogen-bond acceptors (Lipinski definition) is 4. The van der Waals surface area contributed by atoms with E-state index in [0.29, 0.717) is 11.4 Å². The SMILES string of the molecule is CNCc1cc(S(=O)(=O)c2ccccn2)c2n1CCCc1ccccc1-2.Cl.Cl. The minimum atomic E-state index is -3.70. The number of pyridine rings is 1. The third kappa shape index (κ3) is 3.82. The van der Waals surface area contributed by atoms with Crippen LogP contribution < -0.4 is 5.32 Å². The first-order valence-electron chi connectivity index (χ1n) is 8.74. The summed E-state index contributed by atoms with van der Waals surface area (Å²) < 4.78 is 28.8. The fourth-order valence-electron chi connectivity index (χ4n) is 3.66. The zero-order valence-electron chi connectivity index (χ0n) is 15.5. The van der Waals surface area contributed by atoms with E-state index >= 15 is 0 Å². The number of hydrogen-bond donors (Lipinski definition) is 1. The lowest BCUT2D eigenvalue weighted by molar-refractivity contribution is 0.591. The summed E-state index contributed by atoms with van der Waals surface area (Å²) in [6.07, 6.45) is 3.45. The summed E-state index contributed by atoms with van der Waals surface area (Å²) in [7, 11) is -1.82. The van der Waals surface area contributed by atoms with Gasteiger partial charge in [-0.05, 0) is 43.7 Å². The van der Waals surface area contributed by atoms with Gasteiger partial charge in [-0.3, -0.25) is 0 Å². The van der Waals surface area contributed by atoms with Crippen LogP contribution in [0.5, 0.6) is 0 Å². The second kappa shape index (κ2) is 9.09. The molecule has 150 valence electrons. The van der Waals surface area contributed by atoms with Gasteiger partial charge in [0.25, 0.3) is 0 Å². The third-order valence-electron chi connectivity index (χ3n) is 4.81. The first-order valence-corrected chi connectivity index (χ1v) is 10.2. The van der Waals surface area contributed by atoms with Gasteiger partial charge in [-0.15, -0.1) is 24.8 Å². The molecule has 0 bridgehead atoms. The summed E-state index contributed by atoms with van der Waals surface area (Å²) in [5.41, 5.74) is 3.96. The molecule has 3 heterocycles. The molecule has 1 N–H and O–H groups in total. The molecule has 1 aliphatic heterocycles. The van der Waals surface area contributed by atoms with Crippen LogP contribution >= 0.6 is 24.8 Å². The van der Waals surface area contributed by atoms with Crippen LogP contribution in [0.15, 0.2) is 64.6 Å². The summed E-state index contributed by atoms with van der Waals surface area (Å²) in [5.74, 6) is 0. The highest BCUT2D eigenvalue weighted by molar-refractivity contribution is 7.91. The molecule has 0 aliphatic carbocycles. The molecule has 1 aliphatic rings. The molecule has 0 saturated carbocycles. The highest BCUT2D eigenvalue weighted by Gasteiger charge is 2.30. The van der Waals surface area contributed by atoms with E-state index in [1.165, 1.54) is 11.8 Å². The minimum Gasteiger partial charge on any atom is -0.342 e. The highest BCUT2D eigenvalue weighted by Crippen LogP contribution is 2.38. The lowest BCUT2D eigenvalue weighted by Crippen LogP contribution is -2.11. The summed E-state index contributed by atoms with van der Waals surface area (Å²) in [6, 6.07) is 14.9. The molecular weight excluding hydrogens is 417 g/mol. The van der Waals surface area contributed by atoms with Gasteiger partial charge in [-0.1, -0.05) is 30.3 Å². The molecule has 0 spiro atoms. The zero-order valence-corrected chi connectivity index (χ0v) is 17.9. The van der Waals surface area contributed by atoms with Gasteiger partial charge >= 0.3 is 0 Å². The van der Waals surface area contributed by atoms with Crippen molar-refractivity contribution in [3.63, 3.8) is 0 Å². The predicted octanol–water partition coefficient (Wildman–Crippen LogP) is 3.89. The van der Waals surface area contributed by atoms with Crippen molar-refractivity contribution in [3.8, 4) is 11.3 Å². The molecule has 3 aromatic rings. The van der Waals surface area contributed by atoms with Gasteiger partial charge in [0, 0.05) is 30.5 Å². The molecule has 5 nitrogen and oxygen atoms in total. The van der Waals surface area contributed by atoms with Gasteiger partial charge in [-0.2, -0.15) is 0 Å². The summed E-state index contributed by atoms with van der Waals surface area (Å²) in [4.78, 5) is 4.44. The van der Waals surface area contributed by atoms with Crippen molar-refractivity contribution in [1.82, 2.24) is 14.9 Å². The number of nitrogens with zero attached hydrogens (tertiary/aromatic N) is 2. The monoisotopic (exact) mass is 439 g/mol. The van der Waals surface area contributed by atoms with E-state index in [2.05, 4.69) is 20.9 Å². The molecule has 0 radical (unpaired) electrons. The van der Waals surface area contributed by atoms with E-state index in [1.54, 1.807) is 24.3 Å². The van der Waals surface area contributed by atoms with Crippen molar-refractivity contribution in [3.05, 3.63) is 66.0 Å². The second-order valence-electron chi connectivity index (χ2n) is 6.46. The van der Waals surface area contributed by atoms with Gasteiger partial charge in [-0.25, -0.2) is 13.4 Å². The van der Waals surface area contributed by atoms with Gasteiger partial charge in [0.15, 0.2) is 5.03 Å². The number of aryl methyl sites for hydroxylation is 1. The first-order chi connectivity index (χ1) is 12.6. The van der Waals surface area contributed by atoms with Crippen molar-refractivity contribution in [2.75, 3.05) is 7.05 Å². The molecule has 0 atom stereocenters. The Labute approximate surface area is 177 Å². The van der Waals surface area contributed by atoms with Crippen molar-refractivity contribution >= 4 is 34.7 Å². The van der Waals surface area contributed by atoms with Crippen LogP contribution in [0, 0.1) is 0 Å². The number of rotatable bonds is 4. The molecule has 0 fully saturated rings. The Morgan fingerprint density at radius 3 is 2.57 bits per heavy atom. The predicted molar refractivity (Wildman–Crippen MR) is 115 cm³/mol. The van der Waals surface area contributed by atoms with Crippen molar-refractivity contribution in [2.45, 2.75) is 35.9 Å². The Bertz CT molecular complexity index is 1050. The maximum atomic E-state index is 13.3. The average Bonchev–Trinajstić information content (AvgIpc) is 2.91. The lowest BCUT2D eigenvalue weighted by Gasteiger charge is -2.12. The minimum absolute atomic E-state index is 0. The number of sulfone groups is 1. The Kier molecular flexibility index (Phi) is 7.28. The molecule has 0 amide bonds. The van der Waals surface area contributed by atoms with E-state index in [-0.39, 0.29) is 29.8 Å². The molecule has 0 unspecified atom stereocenters. The number of aromatic nitrogens is 2. The molecule has 1 aromatic carbocycles. The Balaban J connectivity index is 0.00000140. The van der Waals surface area contributed by atoms with Crippen LogP contribution in [0.2, 0.25) is 0 Å². The Morgan fingerprint density at radius 1 is 1.11 bits per heavy atom.